The van der Waals surface area contributed by atoms with Gasteiger partial charge >= 0.3 is 41.9 Å². The summed E-state index contributed by atoms with van der Waals surface area (Å²) in [4.78, 5) is 0. The Bertz CT molecular complexity index is 1130. The first-order valence-corrected chi connectivity index (χ1v) is 20.3. The quantitative estimate of drug-likeness (QED) is 0.246. The van der Waals surface area contributed by atoms with E-state index in [1.165, 1.54) is 44.5 Å². The smallest absolute Gasteiger partial charge is 0.109 e. The molecular weight excluding hydrogens is 623 g/mol. The molecule has 0 aliphatic heterocycles. The molecule has 0 radical (unpaired) electrons. The second kappa shape index (κ2) is 14.9. The average Bonchev–Trinajstić information content (AvgIpc) is 3.40. The molecule has 0 saturated carbocycles. The number of allylic oxidation sites excluding steroid dienone is 4. The van der Waals surface area contributed by atoms with E-state index in [0.29, 0.717) is 0 Å². The van der Waals surface area contributed by atoms with Crippen molar-refractivity contribution in [2.45, 2.75) is 131 Å². The van der Waals surface area contributed by atoms with Gasteiger partial charge in [-0.15, -0.1) is 23.1 Å². The van der Waals surface area contributed by atoms with Gasteiger partial charge in [0.1, 0.15) is 0 Å². The van der Waals surface area contributed by atoms with Crippen LogP contribution in [0.5, 0.6) is 0 Å². The Labute approximate surface area is 275 Å². The fourth-order valence-electron chi connectivity index (χ4n) is 4.97. The summed E-state index contributed by atoms with van der Waals surface area (Å²) in [5.41, 5.74) is 12.2. The van der Waals surface area contributed by atoms with Crippen LogP contribution >= 0.6 is 0 Å². The van der Waals surface area contributed by atoms with Gasteiger partial charge in [0.05, 0.1) is 0 Å². The van der Waals surface area contributed by atoms with Crippen LogP contribution in [0, 0.1) is 12.1 Å². The van der Waals surface area contributed by atoms with Crippen LogP contribution in [0.2, 0.25) is 13.1 Å². The van der Waals surface area contributed by atoms with E-state index in [1.54, 1.807) is 23.3 Å². The Balaban J connectivity index is 0.00000119. The molecule has 0 spiro atoms. The SMILES string of the molecule is CC(C)(C)c1[c-]c2c(cc1C(C)(C)C)-c1cc(C(C)(C)C)c(C(C)(C)C)cc1C2.C[Si](C)=[Zr+2].[C-]1=CC=CC1.[Cl-].[Cl-]. The molecule has 0 aromatic heterocycles. The molecule has 4 heteroatoms. The maximum absolute atomic E-state index is 3.90. The van der Waals surface area contributed by atoms with Crippen LogP contribution in [0.4, 0.5) is 0 Å². The molecule has 2 aliphatic rings. The van der Waals surface area contributed by atoms with E-state index in [4.69, 9.17) is 0 Å². The minimum absolute atomic E-state index is 0. The number of benzene rings is 2. The number of fused-ring (bicyclic) bond motifs is 3. The Morgan fingerprint density at radius 1 is 0.675 bits per heavy atom. The van der Waals surface area contributed by atoms with E-state index in [0.717, 1.165) is 12.8 Å². The fourth-order valence-corrected chi connectivity index (χ4v) is 4.97. The summed E-state index contributed by atoms with van der Waals surface area (Å²) in [5, 5.41) is 0. The minimum atomic E-state index is 0. The monoisotopic (exact) mass is 672 g/mol. The third-order valence-corrected chi connectivity index (χ3v) is 6.82. The third-order valence-electron chi connectivity index (χ3n) is 6.82. The maximum Gasteiger partial charge on any atom is -0.109 e. The molecule has 0 bridgehead atoms. The van der Waals surface area contributed by atoms with E-state index >= 15 is 0 Å². The molecule has 2 aliphatic carbocycles. The van der Waals surface area contributed by atoms with Crippen molar-refractivity contribution < 1.29 is 48.1 Å². The zero-order valence-electron chi connectivity index (χ0n) is 27.6. The van der Waals surface area contributed by atoms with Crippen molar-refractivity contribution in [2.75, 3.05) is 0 Å². The minimum Gasteiger partial charge on any atom is -1.00 e. The second-order valence-corrected chi connectivity index (χ2v) is 24.6. The molecule has 0 N–H and O–H groups in total. The van der Waals surface area contributed by atoms with Crippen molar-refractivity contribution in [1.29, 1.82) is 0 Å². The first kappa shape index (κ1) is 39.6. The predicted octanol–water partition coefficient (Wildman–Crippen LogP) is 4.35. The summed E-state index contributed by atoms with van der Waals surface area (Å²) in [5.74, 6) is 0. The number of hydrogen-bond acceptors (Lipinski definition) is 0. The van der Waals surface area contributed by atoms with E-state index < -0.39 is 0 Å². The summed E-state index contributed by atoms with van der Waals surface area (Å²) in [6.07, 6.45) is 11.0. The summed E-state index contributed by atoms with van der Waals surface area (Å²) < 4.78 is 0. The fraction of sp³-hybridized carbons (Fsp3) is 0.556. The predicted molar refractivity (Wildman–Crippen MR) is 167 cm³/mol. The van der Waals surface area contributed by atoms with Gasteiger partial charge in [0, 0.05) is 0 Å². The average molecular weight is 675 g/mol. The van der Waals surface area contributed by atoms with Gasteiger partial charge in [-0.25, -0.2) is 12.2 Å². The zero-order chi connectivity index (χ0) is 29.3. The van der Waals surface area contributed by atoms with Gasteiger partial charge < -0.3 is 24.8 Å². The Morgan fingerprint density at radius 3 is 1.48 bits per heavy atom. The molecule has 0 saturated heterocycles. The molecule has 40 heavy (non-hydrogen) atoms. The largest absolute Gasteiger partial charge is 1.00 e. The van der Waals surface area contributed by atoms with Crippen LogP contribution in [0.3, 0.4) is 0 Å². The van der Waals surface area contributed by atoms with Gasteiger partial charge in [0.25, 0.3) is 0 Å². The van der Waals surface area contributed by atoms with E-state index in [-0.39, 0.29) is 51.9 Å². The molecule has 4 rings (SSSR count). The summed E-state index contributed by atoms with van der Waals surface area (Å²) in [6, 6.07) is 11.4. The van der Waals surface area contributed by atoms with E-state index in [1.807, 2.05) is 12.2 Å². The molecule has 220 valence electrons. The van der Waals surface area contributed by atoms with Crippen molar-refractivity contribution in [2.24, 2.45) is 0 Å². The Kier molecular flexibility index (Phi) is 14.7. The van der Waals surface area contributed by atoms with Crippen LogP contribution < -0.4 is 24.8 Å². The number of halogens is 2. The molecule has 2 aromatic rings. The maximum atomic E-state index is 3.90. The normalized spacial score (nSPS) is 13.6. The van der Waals surface area contributed by atoms with Crippen LogP contribution in [-0.2, 0) is 51.4 Å². The standard InChI is InChI=1S/C29H41.C5H5.C2H6Si.2ClH.Zr/c1-26(2,3)22-14-18-13-19-15-23(27(4,5)6)25(29(10,11)12)17-21(19)20(18)16-24(22)28(7,8)9;1-2-4-5-3-1;1-3-2;;;/h14,16-17H,13H2,1-12H3;1-3H,4H2;1-2H3;2*1H;/q2*-1;;;;+2/p-2. The number of rotatable bonds is 0. The van der Waals surface area contributed by atoms with E-state index in [9.17, 15) is 0 Å². The Morgan fingerprint density at radius 2 is 1.12 bits per heavy atom. The zero-order valence-corrected chi connectivity index (χ0v) is 32.6. The van der Waals surface area contributed by atoms with Crippen LogP contribution in [0.25, 0.3) is 11.1 Å². The first-order valence-electron chi connectivity index (χ1n) is 14.2. The van der Waals surface area contributed by atoms with Crippen LogP contribution in [-0.4, -0.2) is 5.43 Å². The van der Waals surface area contributed by atoms with Crippen molar-refractivity contribution in [1.82, 2.24) is 0 Å². The van der Waals surface area contributed by atoms with Crippen molar-refractivity contribution >= 4 is 5.43 Å². The van der Waals surface area contributed by atoms with Crippen molar-refractivity contribution in [3.05, 3.63) is 82.0 Å². The molecule has 0 atom stereocenters. The van der Waals surface area contributed by atoms with Gasteiger partial charge in [-0.2, -0.15) is 23.8 Å². The summed E-state index contributed by atoms with van der Waals surface area (Å²) in [7, 11) is 0. The van der Waals surface area contributed by atoms with Crippen LogP contribution in [0.15, 0.2) is 36.4 Å². The third kappa shape index (κ3) is 10.7. The molecule has 0 unspecified atom stereocenters. The summed E-state index contributed by atoms with van der Waals surface area (Å²) in [6.45, 7) is 32.6. The topological polar surface area (TPSA) is 0 Å². The molecule has 0 nitrogen and oxygen atoms in total. The van der Waals surface area contributed by atoms with Gasteiger partial charge in [-0.3, -0.25) is 6.08 Å². The molecule has 0 amide bonds. The van der Waals surface area contributed by atoms with Gasteiger partial charge in [-0.1, -0.05) is 106 Å². The van der Waals surface area contributed by atoms with Crippen molar-refractivity contribution in [3.63, 3.8) is 0 Å². The van der Waals surface area contributed by atoms with Gasteiger partial charge in [0.15, 0.2) is 0 Å². The second-order valence-electron chi connectivity index (χ2n) is 15.2. The van der Waals surface area contributed by atoms with E-state index in [2.05, 4.69) is 133 Å². The van der Waals surface area contributed by atoms with Crippen molar-refractivity contribution in [3.8, 4) is 11.1 Å². The van der Waals surface area contributed by atoms with Crippen LogP contribution in [0.1, 0.15) is 123 Å². The number of hydrogen-bond donors (Lipinski definition) is 0. The molecule has 2 aromatic carbocycles. The molecular formula is C36H52Cl2SiZr-2. The first-order chi connectivity index (χ1) is 17.1. The van der Waals surface area contributed by atoms with Gasteiger partial charge in [-0.05, 0) is 39.4 Å². The van der Waals surface area contributed by atoms with Gasteiger partial charge in [0.2, 0.25) is 0 Å². The molecule has 0 fully saturated rings. The summed E-state index contributed by atoms with van der Waals surface area (Å²) >= 11 is 1.74. The Hall–Kier alpha value is -0.400. The molecule has 0 heterocycles.